The van der Waals surface area contributed by atoms with E-state index < -0.39 is 30.6 Å². The fraction of sp³-hybridized carbons (Fsp3) is 0.586. The van der Waals surface area contributed by atoms with Crippen molar-refractivity contribution in [1.82, 2.24) is 0 Å². The number of aliphatic hydroxyl groups is 1. The van der Waals surface area contributed by atoms with E-state index in [0.717, 1.165) is 17.5 Å². The minimum Gasteiger partial charge on any atom is -0.394 e. The van der Waals surface area contributed by atoms with Gasteiger partial charge in [0.2, 0.25) is 0 Å². The van der Waals surface area contributed by atoms with Crippen LogP contribution in [0.15, 0.2) is 65.8 Å². The van der Waals surface area contributed by atoms with E-state index in [9.17, 15) is 15.2 Å². The molecule has 10 heteroatoms. The third kappa shape index (κ3) is 9.09. The van der Waals surface area contributed by atoms with E-state index in [1.165, 1.54) is 0 Å². The van der Waals surface area contributed by atoms with Gasteiger partial charge in [0, 0.05) is 11.1 Å². The van der Waals surface area contributed by atoms with E-state index in [0.29, 0.717) is 12.6 Å². The maximum absolute atomic E-state index is 11.5. The van der Waals surface area contributed by atoms with Gasteiger partial charge in [0.1, 0.15) is 12.2 Å². The molecule has 0 saturated carbocycles. The molecular weight excluding hydrogens is 517 g/mol. The van der Waals surface area contributed by atoms with Crippen LogP contribution in [-0.2, 0) is 36.7 Å². The minimum atomic E-state index is -0.818. The number of ether oxygens (including phenoxy) is 4. The average molecular weight is 558 g/mol. The lowest BCUT2D eigenvalue weighted by Crippen LogP contribution is -2.53. The van der Waals surface area contributed by atoms with Gasteiger partial charge < -0.3 is 24.1 Å². The Hall–Kier alpha value is -2.35. The summed E-state index contributed by atoms with van der Waals surface area (Å²) in [6, 6.07) is 18.9. The normalized spacial score (nSPS) is 25.5. The summed E-state index contributed by atoms with van der Waals surface area (Å²) in [5.74, 6) is 0.197. The molecule has 2 aromatic rings. The molecule has 2 unspecified atom stereocenters. The topological polar surface area (TPSA) is 123 Å². The number of rotatable bonds is 16. The van der Waals surface area contributed by atoms with Crippen molar-refractivity contribution in [3.05, 3.63) is 82.2 Å². The van der Waals surface area contributed by atoms with Crippen LogP contribution >= 0.6 is 8.46 Å². The molecule has 0 radical (unpaired) electrons. The van der Waals surface area contributed by atoms with Crippen LogP contribution in [0.2, 0.25) is 0 Å². The molecule has 1 fully saturated rings. The third-order valence-electron chi connectivity index (χ3n) is 7.45. The van der Waals surface area contributed by atoms with Crippen molar-refractivity contribution in [3.8, 4) is 0 Å². The van der Waals surface area contributed by atoms with E-state index in [1.807, 2.05) is 67.6 Å². The highest BCUT2D eigenvalue weighted by Gasteiger charge is 2.44. The van der Waals surface area contributed by atoms with Crippen LogP contribution < -0.4 is 0 Å². The summed E-state index contributed by atoms with van der Waals surface area (Å²) >= 11 is 0. The van der Waals surface area contributed by atoms with E-state index in [1.54, 1.807) is 0 Å². The molecule has 212 valence electrons. The summed E-state index contributed by atoms with van der Waals surface area (Å²) in [4.78, 5) is 3.07. The van der Waals surface area contributed by atoms with E-state index in [2.05, 4.69) is 23.9 Å². The molecule has 1 saturated heterocycles. The van der Waals surface area contributed by atoms with E-state index in [4.69, 9.17) is 18.9 Å². The van der Waals surface area contributed by atoms with Gasteiger partial charge in [0.25, 0.3) is 0 Å². The average Bonchev–Trinajstić information content (AvgIpc) is 2.97. The van der Waals surface area contributed by atoms with Gasteiger partial charge >= 0.3 is 0 Å². The Kier molecular flexibility index (Phi) is 13.3. The van der Waals surface area contributed by atoms with Crippen molar-refractivity contribution in [1.29, 1.82) is 0 Å². The van der Waals surface area contributed by atoms with Gasteiger partial charge in [-0.2, -0.15) is 0 Å². The molecule has 1 aliphatic heterocycles. The molecule has 0 bridgehead atoms. The number of hydrogen-bond donors (Lipinski definition) is 1. The lowest BCUT2D eigenvalue weighted by molar-refractivity contribution is -0.271. The fourth-order valence-corrected chi connectivity index (χ4v) is 5.35. The summed E-state index contributed by atoms with van der Waals surface area (Å²) in [5, 5.41) is 14.5. The van der Waals surface area contributed by atoms with Crippen molar-refractivity contribution in [3.63, 3.8) is 0 Å². The molecule has 1 heterocycles. The first-order valence-electron chi connectivity index (χ1n) is 13.6. The standard InChI is InChI=1S/C29H40N3O6P/c1-4-24-20(2)21(3)27(31-32-30)29(37-24)38-25(15-16-39-34)28(36-19-23-13-9-6-10-14-23)26(17-33)35-18-22-11-7-5-8-12-22/h5-14,20-21,24-29,33H,4,15-19H2,1-3H3/t20-,21-,24?,25+,26-,27?,28+,29-/m0/s1. The molecule has 2 aromatic carbocycles. The number of aliphatic hydroxyl groups excluding tert-OH is 1. The van der Waals surface area contributed by atoms with Crippen LogP contribution in [0.5, 0.6) is 0 Å². The quantitative estimate of drug-likeness (QED) is 0.112. The Labute approximate surface area is 232 Å². The van der Waals surface area contributed by atoms with Crippen molar-refractivity contribution in [2.24, 2.45) is 17.0 Å². The predicted molar refractivity (Wildman–Crippen MR) is 149 cm³/mol. The SMILES string of the molecule is CCC1O[C@@H](O[C@H](CCP=O)[C@@H](OCc2ccccc2)[C@H](CO)OCc2ccccc2)C(N=[N+]=[N-])[C@@H](C)[C@@H]1C. The van der Waals surface area contributed by atoms with Crippen LogP contribution in [0.4, 0.5) is 0 Å². The summed E-state index contributed by atoms with van der Waals surface area (Å²) in [6.45, 7) is 6.42. The second kappa shape index (κ2) is 16.7. The van der Waals surface area contributed by atoms with Crippen LogP contribution in [0.3, 0.4) is 0 Å². The molecule has 9 nitrogen and oxygen atoms in total. The van der Waals surface area contributed by atoms with E-state index >= 15 is 0 Å². The van der Waals surface area contributed by atoms with Crippen LogP contribution in [-0.4, -0.2) is 54.6 Å². The number of hydrogen-bond acceptors (Lipinski definition) is 7. The lowest BCUT2D eigenvalue weighted by Gasteiger charge is -2.45. The lowest BCUT2D eigenvalue weighted by atomic mass is 9.81. The number of nitrogens with zero attached hydrogens (tertiary/aromatic N) is 3. The zero-order valence-electron chi connectivity index (χ0n) is 22.9. The second-order valence-electron chi connectivity index (χ2n) is 9.96. The van der Waals surface area contributed by atoms with Crippen LogP contribution in [0, 0.1) is 11.8 Å². The van der Waals surface area contributed by atoms with Gasteiger partial charge in [-0.05, 0) is 41.3 Å². The zero-order valence-corrected chi connectivity index (χ0v) is 23.8. The molecule has 1 N–H and O–H groups in total. The highest BCUT2D eigenvalue weighted by molar-refractivity contribution is 7.23. The smallest absolute Gasteiger partial charge is 0.167 e. The minimum absolute atomic E-state index is 0.0227. The first-order chi connectivity index (χ1) is 19.0. The van der Waals surface area contributed by atoms with Gasteiger partial charge in [-0.3, -0.25) is 4.57 Å². The van der Waals surface area contributed by atoms with Crippen molar-refractivity contribution in [2.75, 3.05) is 12.8 Å². The molecule has 0 aromatic heterocycles. The van der Waals surface area contributed by atoms with Crippen LogP contribution in [0.1, 0.15) is 44.7 Å². The monoisotopic (exact) mass is 557 g/mol. The molecule has 0 spiro atoms. The summed E-state index contributed by atoms with van der Waals surface area (Å²) in [7, 11) is -0.0347. The Morgan fingerprint density at radius 3 is 2.15 bits per heavy atom. The Balaban J connectivity index is 1.89. The molecule has 39 heavy (non-hydrogen) atoms. The largest absolute Gasteiger partial charge is 0.394 e. The molecule has 0 aliphatic carbocycles. The summed E-state index contributed by atoms with van der Waals surface area (Å²) in [6.07, 6.45) is -1.53. The number of benzene rings is 2. The number of azide groups is 1. The molecular formula is C29H40N3O6P. The first kappa shape index (κ1) is 31.2. The highest BCUT2D eigenvalue weighted by Crippen LogP contribution is 2.36. The predicted octanol–water partition coefficient (Wildman–Crippen LogP) is 6.30. The second-order valence-corrected chi connectivity index (χ2v) is 10.7. The van der Waals surface area contributed by atoms with E-state index in [-0.39, 0.29) is 46.2 Å². The van der Waals surface area contributed by atoms with Gasteiger partial charge in [0.05, 0.1) is 38.1 Å². The van der Waals surface area contributed by atoms with Crippen molar-refractivity contribution < 1.29 is 28.6 Å². The first-order valence-corrected chi connectivity index (χ1v) is 14.6. The maximum Gasteiger partial charge on any atom is 0.167 e. The van der Waals surface area contributed by atoms with Crippen molar-refractivity contribution >= 4 is 8.46 Å². The maximum atomic E-state index is 11.5. The zero-order chi connectivity index (χ0) is 28.0. The summed E-state index contributed by atoms with van der Waals surface area (Å²) < 4.78 is 37.0. The Bertz CT molecular complexity index is 1030. The van der Waals surface area contributed by atoms with Gasteiger partial charge in [-0.25, -0.2) is 0 Å². The molecule has 3 rings (SSSR count). The summed E-state index contributed by atoms with van der Waals surface area (Å²) in [5.41, 5.74) is 11.2. The third-order valence-corrected chi connectivity index (χ3v) is 7.89. The van der Waals surface area contributed by atoms with Crippen molar-refractivity contribution in [2.45, 2.75) is 83.6 Å². The van der Waals surface area contributed by atoms with Gasteiger partial charge in [0.15, 0.2) is 14.8 Å². The van der Waals surface area contributed by atoms with Crippen LogP contribution in [0.25, 0.3) is 10.4 Å². The fourth-order valence-electron chi connectivity index (χ4n) is 4.99. The highest BCUT2D eigenvalue weighted by atomic mass is 31.1. The van der Waals surface area contributed by atoms with Gasteiger partial charge in [-0.1, -0.05) is 86.5 Å². The molecule has 8 atom stereocenters. The van der Waals surface area contributed by atoms with Gasteiger partial charge in [-0.15, -0.1) is 0 Å². The molecule has 0 amide bonds. The Morgan fingerprint density at radius 2 is 1.62 bits per heavy atom. The Morgan fingerprint density at radius 1 is 1.00 bits per heavy atom. The molecule has 1 aliphatic rings.